The molecule has 0 saturated carbocycles. The van der Waals surface area contributed by atoms with E-state index in [4.69, 9.17) is 0 Å². The second kappa shape index (κ2) is 12.0. The van der Waals surface area contributed by atoms with Gasteiger partial charge in [0.25, 0.3) is 0 Å². The van der Waals surface area contributed by atoms with Gasteiger partial charge in [0, 0.05) is 5.25 Å². The first-order chi connectivity index (χ1) is 11.4. The molecule has 1 atom stereocenters. The van der Waals surface area contributed by atoms with E-state index in [1.807, 2.05) is 0 Å². The molecule has 0 heterocycles. The number of thioether (sulfide) groups is 1. The molecule has 0 spiro atoms. The van der Waals surface area contributed by atoms with Crippen molar-refractivity contribution in [3.63, 3.8) is 0 Å². The lowest BCUT2D eigenvalue weighted by molar-refractivity contribution is 0.563. The van der Waals surface area contributed by atoms with E-state index in [0.717, 1.165) is 5.25 Å². The summed E-state index contributed by atoms with van der Waals surface area (Å²) >= 11 is 2.22. The molecule has 0 aliphatic heterocycles. The van der Waals surface area contributed by atoms with Gasteiger partial charge in [-0.2, -0.15) is 11.8 Å². The monoisotopic (exact) mass is 332 g/mol. The molecule has 1 unspecified atom stereocenters. The molecule has 0 saturated heterocycles. The molecule has 1 aromatic rings. The first kappa shape index (κ1) is 18.9. The van der Waals surface area contributed by atoms with Gasteiger partial charge in [-0.1, -0.05) is 89.0 Å². The SMILES string of the molecule is CCCCCCCCCCCCSC1CCCc2ccccc21. The van der Waals surface area contributed by atoms with Crippen molar-refractivity contribution in [2.45, 2.75) is 95.6 Å². The van der Waals surface area contributed by atoms with Crippen LogP contribution in [0.3, 0.4) is 0 Å². The van der Waals surface area contributed by atoms with Crippen molar-refractivity contribution in [2.24, 2.45) is 0 Å². The van der Waals surface area contributed by atoms with Crippen LogP contribution >= 0.6 is 11.8 Å². The van der Waals surface area contributed by atoms with Gasteiger partial charge in [-0.25, -0.2) is 0 Å². The Bertz CT molecular complexity index is 412. The number of rotatable bonds is 12. The minimum atomic E-state index is 0.776. The normalized spacial score (nSPS) is 17.2. The topological polar surface area (TPSA) is 0 Å². The van der Waals surface area contributed by atoms with Crippen LogP contribution in [0.25, 0.3) is 0 Å². The molecular weight excluding hydrogens is 296 g/mol. The Kier molecular flexibility index (Phi) is 9.87. The lowest BCUT2D eigenvalue weighted by Crippen LogP contribution is -2.07. The molecule has 2 rings (SSSR count). The standard InChI is InChI=1S/C22H36S/c1-2-3-4-5-6-7-8-9-10-13-19-23-22-18-14-16-20-15-11-12-17-21(20)22/h11-12,15,17,22H,2-10,13-14,16,18-19H2,1H3. The number of aryl methyl sites for hydroxylation is 1. The Morgan fingerprint density at radius 2 is 1.52 bits per heavy atom. The molecule has 23 heavy (non-hydrogen) atoms. The van der Waals surface area contributed by atoms with Crippen LogP contribution in [-0.4, -0.2) is 5.75 Å². The second-order valence-electron chi connectivity index (χ2n) is 7.13. The molecule has 0 N–H and O–H groups in total. The molecule has 1 heteroatoms. The van der Waals surface area contributed by atoms with E-state index in [1.165, 1.54) is 89.2 Å². The van der Waals surface area contributed by atoms with Crippen LogP contribution in [0.4, 0.5) is 0 Å². The van der Waals surface area contributed by atoms with Gasteiger partial charge in [-0.05, 0) is 42.6 Å². The van der Waals surface area contributed by atoms with Gasteiger partial charge < -0.3 is 0 Å². The summed E-state index contributed by atoms with van der Waals surface area (Å²) in [6.45, 7) is 2.30. The average Bonchev–Trinajstić information content (AvgIpc) is 2.60. The van der Waals surface area contributed by atoms with E-state index in [1.54, 1.807) is 11.1 Å². The molecule has 0 nitrogen and oxygen atoms in total. The maximum atomic E-state index is 2.37. The highest BCUT2D eigenvalue weighted by atomic mass is 32.2. The molecule has 1 aromatic carbocycles. The number of hydrogen-bond acceptors (Lipinski definition) is 1. The van der Waals surface area contributed by atoms with E-state index < -0.39 is 0 Å². The summed E-state index contributed by atoms with van der Waals surface area (Å²) in [5, 5.41) is 0.776. The third kappa shape index (κ3) is 7.33. The quantitative estimate of drug-likeness (QED) is 0.353. The molecule has 0 bridgehead atoms. The van der Waals surface area contributed by atoms with E-state index in [9.17, 15) is 0 Å². The first-order valence-electron chi connectivity index (χ1n) is 10.1. The first-order valence-corrected chi connectivity index (χ1v) is 11.2. The van der Waals surface area contributed by atoms with Crippen molar-refractivity contribution in [2.75, 3.05) is 5.75 Å². The highest BCUT2D eigenvalue weighted by Gasteiger charge is 2.19. The zero-order chi connectivity index (χ0) is 16.2. The third-order valence-corrected chi connectivity index (χ3v) is 6.55. The van der Waals surface area contributed by atoms with Gasteiger partial charge in [-0.15, -0.1) is 0 Å². The van der Waals surface area contributed by atoms with Crippen molar-refractivity contribution in [3.8, 4) is 0 Å². The van der Waals surface area contributed by atoms with Gasteiger partial charge >= 0.3 is 0 Å². The molecule has 0 amide bonds. The molecule has 1 aliphatic rings. The molecule has 0 radical (unpaired) electrons. The van der Waals surface area contributed by atoms with Crippen molar-refractivity contribution >= 4 is 11.8 Å². The summed E-state index contributed by atoms with van der Waals surface area (Å²) < 4.78 is 0. The lowest BCUT2D eigenvalue weighted by Gasteiger charge is -2.25. The zero-order valence-corrected chi connectivity index (χ0v) is 16.0. The van der Waals surface area contributed by atoms with E-state index in [2.05, 4.69) is 43.0 Å². The fourth-order valence-corrected chi connectivity index (χ4v) is 5.10. The van der Waals surface area contributed by atoms with Crippen molar-refractivity contribution in [3.05, 3.63) is 35.4 Å². The Morgan fingerprint density at radius 3 is 2.26 bits per heavy atom. The number of fused-ring (bicyclic) bond motifs is 1. The summed E-state index contributed by atoms with van der Waals surface area (Å²) in [5.74, 6) is 1.36. The summed E-state index contributed by atoms with van der Waals surface area (Å²) in [4.78, 5) is 0. The minimum Gasteiger partial charge on any atom is -0.154 e. The van der Waals surface area contributed by atoms with Crippen LogP contribution < -0.4 is 0 Å². The lowest BCUT2D eigenvalue weighted by atomic mass is 9.91. The Hall–Kier alpha value is -0.430. The van der Waals surface area contributed by atoms with Crippen LogP contribution in [0, 0.1) is 0 Å². The van der Waals surface area contributed by atoms with Crippen LogP contribution in [0.5, 0.6) is 0 Å². The molecule has 1 aliphatic carbocycles. The zero-order valence-electron chi connectivity index (χ0n) is 15.2. The van der Waals surface area contributed by atoms with Crippen LogP contribution in [-0.2, 0) is 6.42 Å². The third-order valence-electron chi connectivity index (χ3n) is 5.13. The predicted molar refractivity (Wildman–Crippen MR) is 106 cm³/mol. The van der Waals surface area contributed by atoms with Crippen LogP contribution in [0.2, 0.25) is 0 Å². The maximum Gasteiger partial charge on any atom is 0.0300 e. The number of unbranched alkanes of at least 4 members (excludes halogenated alkanes) is 9. The van der Waals surface area contributed by atoms with Gasteiger partial charge in [0.05, 0.1) is 0 Å². The highest BCUT2D eigenvalue weighted by Crippen LogP contribution is 2.39. The van der Waals surface area contributed by atoms with Crippen LogP contribution in [0.15, 0.2) is 24.3 Å². The minimum absolute atomic E-state index is 0.776. The molecule has 0 fully saturated rings. The second-order valence-corrected chi connectivity index (χ2v) is 8.44. The van der Waals surface area contributed by atoms with Gasteiger partial charge in [0.15, 0.2) is 0 Å². The van der Waals surface area contributed by atoms with Gasteiger partial charge in [-0.3, -0.25) is 0 Å². The fraction of sp³-hybridized carbons (Fsp3) is 0.727. The maximum absolute atomic E-state index is 2.37. The van der Waals surface area contributed by atoms with Crippen molar-refractivity contribution in [1.82, 2.24) is 0 Å². The molecule has 130 valence electrons. The molecular formula is C22H36S. The van der Waals surface area contributed by atoms with E-state index in [0.29, 0.717) is 0 Å². The Balaban J connectivity index is 1.47. The van der Waals surface area contributed by atoms with Crippen LogP contribution in [0.1, 0.15) is 100 Å². The summed E-state index contributed by atoms with van der Waals surface area (Å²) in [5.41, 5.74) is 3.25. The van der Waals surface area contributed by atoms with Gasteiger partial charge in [0.2, 0.25) is 0 Å². The van der Waals surface area contributed by atoms with Gasteiger partial charge in [0.1, 0.15) is 0 Å². The summed E-state index contributed by atoms with van der Waals surface area (Å²) in [7, 11) is 0. The summed E-state index contributed by atoms with van der Waals surface area (Å²) in [6.07, 6.45) is 18.5. The summed E-state index contributed by atoms with van der Waals surface area (Å²) in [6, 6.07) is 9.12. The Labute approximate surface area is 148 Å². The highest BCUT2D eigenvalue weighted by molar-refractivity contribution is 7.99. The smallest absolute Gasteiger partial charge is 0.0300 e. The van der Waals surface area contributed by atoms with Crippen molar-refractivity contribution in [1.29, 1.82) is 0 Å². The Morgan fingerprint density at radius 1 is 0.870 bits per heavy atom. The van der Waals surface area contributed by atoms with E-state index in [-0.39, 0.29) is 0 Å². The molecule has 0 aromatic heterocycles. The van der Waals surface area contributed by atoms with E-state index >= 15 is 0 Å². The van der Waals surface area contributed by atoms with Crippen molar-refractivity contribution < 1.29 is 0 Å². The fourth-order valence-electron chi connectivity index (χ4n) is 3.70. The number of hydrogen-bond donors (Lipinski definition) is 0. The predicted octanol–water partition coefficient (Wildman–Crippen LogP) is 7.72. The average molecular weight is 333 g/mol. The largest absolute Gasteiger partial charge is 0.154 e. The number of benzene rings is 1.